The Morgan fingerprint density at radius 3 is 2.42 bits per heavy atom. The fraction of sp³-hybridized carbons (Fsp3) is 0.409. The van der Waals surface area contributed by atoms with Gasteiger partial charge in [-0.1, -0.05) is 30.3 Å². The average molecular weight is 511 g/mol. The molecule has 2 aromatic carbocycles. The van der Waals surface area contributed by atoms with Crippen LogP contribution in [-0.4, -0.2) is 39.1 Å². The SMILES string of the molecule is COC(=O)C1CNC(c2ccccc2)C(NCc2cc(OC(F)(F)F)ccc2OC)C1.Cl.Cl. The fourth-order valence-corrected chi connectivity index (χ4v) is 3.83. The lowest BCUT2D eigenvalue weighted by molar-refractivity contribution is -0.274. The largest absolute Gasteiger partial charge is 0.573 e. The van der Waals surface area contributed by atoms with E-state index in [9.17, 15) is 18.0 Å². The number of rotatable bonds is 7. The predicted molar refractivity (Wildman–Crippen MR) is 122 cm³/mol. The van der Waals surface area contributed by atoms with Gasteiger partial charge in [-0.05, 0) is 30.2 Å². The Balaban J connectivity index is 0.00000272. The molecule has 3 atom stereocenters. The van der Waals surface area contributed by atoms with Crippen LogP contribution in [0.2, 0.25) is 0 Å². The van der Waals surface area contributed by atoms with Gasteiger partial charge in [-0.15, -0.1) is 38.0 Å². The van der Waals surface area contributed by atoms with Gasteiger partial charge in [-0.2, -0.15) is 0 Å². The summed E-state index contributed by atoms with van der Waals surface area (Å²) in [5, 5.41) is 6.76. The Hall–Kier alpha value is -2.20. The molecule has 0 bridgehead atoms. The lowest BCUT2D eigenvalue weighted by Gasteiger charge is -2.37. The minimum Gasteiger partial charge on any atom is -0.496 e. The summed E-state index contributed by atoms with van der Waals surface area (Å²) in [6.07, 6.45) is -4.26. The molecule has 2 N–H and O–H groups in total. The van der Waals surface area contributed by atoms with Gasteiger partial charge in [0.15, 0.2) is 0 Å². The molecule has 1 saturated heterocycles. The third-order valence-corrected chi connectivity index (χ3v) is 5.26. The third-order valence-electron chi connectivity index (χ3n) is 5.26. The molecular weight excluding hydrogens is 484 g/mol. The van der Waals surface area contributed by atoms with E-state index in [4.69, 9.17) is 9.47 Å². The van der Waals surface area contributed by atoms with Crippen LogP contribution in [0, 0.1) is 5.92 Å². The molecule has 0 radical (unpaired) electrons. The summed E-state index contributed by atoms with van der Waals surface area (Å²) in [5.74, 6) is -0.515. The molecule has 0 aliphatic carbocycles. The number of halogens is 5. The maximum atomic E-state index is 12.6. The van der Waals surface area contributed by atoms with Crippen LogP contribution < -0.4 is 20.1 Å². The van der Waals surface area contributed by atoms with E-state index in [1.54, 1.807) is 0 Å². The molecule has 3 unspecified atom stereocenters. The quantitative estimate of drug-likeness (QED) is 0.537. The highest BCUT2D eigenvalue weighted by Gasteiger charge is 2.35. The number of ether oxygens (including phenoxy) is 3. The van der Waals surface area contributed by atoms with Crippen molar-refractivity contribution >= 4 is 30.8 Å². The Morgan fingerprint density at radius 1 is 1.12 bits per heavy atom. The van der Waals surface area contributed by atoms with Gasteiger partial charge in [-0.3, -0.25) is 4.79 Å². The van der Waals surface area contributed by atoms with Crippen LogP contribution in [0.4, 0.5) is 13.2 Å². The van der Waals surface area contributed by atoms with E-state index in [0.717, 1.165) is 5.56 Å². The van der Waals surface area contributed by atoms with Crippen LogP contribution in [0.25, 0.3) is 0 Å². The lowest BCUT2D eigenvalue weighted by Crippen LogP contribution is -2.51. The number of methoxy groups -OCH3 is 2. The minimum atomic E-state index is -4.78. The van der Waals surface area contributed by atoms with Crippen molar-refractivity contribution in [2.75, 3.05) is 20.8 Å². The highest BCUT2D eigenvalue weighted by Crippen LogP contribution is 2.31. The van der Waals surface area contributed by atoms with Crippen molar-refractivity contribution in [3.05, 3.63) is 59.7 Å². The van der Waals surface area contributed by atoms with Crippen LogP contribution in [0.5, 0.6) is 11.5 Å². The van der Waals surface area contributed by atoms with Crippen LogP contribution in [-0.2, 0) is 16.1 Å². The van der Waals surface area contributed by atoms with Crippen molar-refractivity contribution in [2.45, 2.75) is 31.4 Å². The van der Waals surface area contributed by atoms with E-state index in [0.29, 0.717) is 24.3 Å². The highest BCUT2D eigenvalue weighted by atomic mass is 35.5. The third kappa shape index (κ3) is 7.96. The molecule has 1 aliphatic heterocycles. The second kappa shape index (κ2) is 12.9. The van der Waals surface area contributed by atoms with Crippen molar-refractivity contribution < 1.29 is 32.2 Å². The number of hydrogen-bond donors (Lipinski definition) is 2. The maximum Gasteiger partial charge on any atom is 0.573 e. The van der Waals surface area contributed by atoms with Gasteiger partial charge >= 0.3 is 12.3 Å². The zero-order valence-electron chi connectivity index (χ0n) is 18.1. The number of nitrogens with one attached hydrogen (secondary N) is 2. The van der Waals surface area contributed by atoms with Gasteiger partial charge in [-0.25, -0.2) is 0 Å². The summed E-state index contributed by atoms with van der Waals surface area (Å²) in [6.45, 7) is 0.699. The number of carbonyl (C=O) groups is 1. The normalized spacial score (nSPS) is 20.1. The Morgan fingerprint density at radius 2 is 1.82 bits per heavy atom. The molecule has 1 heterocycles. The van der Waals surface area contributed by atoms with Crippen molar-refractivity contribution in [1.82, 2.24) is 10.6 Å². The standard InChI is InChI=1S/C22H25F3N2O4.2ClH/c1-29-19-9-8-17(31-22(23,24)25)10-15(19)12-26-18-11-16(21(28)30-2)13-27-20(18)14-6-4-3-5-7-14;;/h3-10,16,18,20,26-27H,11-13H2,1-2H3;2*1H. The Kier molecular flexibility index (Phi) is 11.3. The summed E-state index contributed by atoms with van der Waals surface area (Å²) in [5.41, 5.74) is 1.56. The van der Waals surface area contributed by atoms with E-state index in [2.05, 4.69) is 15.4 Å². The second-order valence-electron chi connectivity index (χ2n) is 7.26. The number of hydrogen-bond acceptors (Lipinski definition) is 6. The van der Waals surface area contributed by atoms with E-state index < -0.39 is 6.36 Å². The van der Waals surface area contributed by atoms with Crippen LogP contribution in [0.3, 0.4) is 0 Å². The molecule has 0 amide bonds. The number of piperidine rings is 1. The molecule has 6 nitrogen and oxygen atoms in total. The van der Waals surface area contributed by atoms with Gasteiger partial charge < -0.3 is 24.8 Å². The minimum absolute atomic E-state index is 0. The number of esters is 1. The summed E-state index contributed by atoms with van der Waals surface area (Å²) >= 11 is 0. The van der Waals surface area contributed by atoms with Crippen molar-refractivity contribution in [3.63, 3.8) is 0 Å². The number of benzene rings is 2. The Labute approximate surface area is 203 Å². The van der Waals surface area contributed by atoms with Gasteiger partial charge in [0.2, 0.25) is 0 Å². The average Bonchev–Trinajstić information content (AvgIpc) is 2.76. The molecule has 184 valence electrons. The van der Waals surface area contributed by atoms with Crippen molar-refractivity contribution in [3.8, 4) is 11.5 Å². The first-order valence-electron chi connectivity index (χ1n) is 9.83. The Bertz CT molecular complexity index is 888. The van der Waals surface area contributed by atoms with Crippen molar-refractivity contribution in [1.29, 1.82) is 0 Å². The van der Waals surface area contributed by atoms with E-state index in [-0.39, 0.29) is 61.1 Å². The molecule has 1 aliphatic rings. The number of alkyl halides is 3. The molecular formula is C22H27Cl2F3N2O4. The first-order valence-corrected chi connectivity index (χ1v) is 9.83. The van der Waals surface area contributed by atoms with Crippen LogP contribution >= 0.6 is 24.8 Å². The van der Waals surface area contributed by atoms with E-state index in [1.807, 2.05) is 30.3 Å². The second-order valence-corrected chi connectivity index (χ2v) is 7.26. The van der Waals surface area contributed by atoms with E-state index in [1.165, 1.54) is 32.4 Å². The molecule has 1 fully saturated rings. The molecule has 33 heavy (non-hydrogen) atoms. The van der Waals surface area contributed by atoms with Gasteiger partial charge in [0.1, 0.15) is 11.5 Å². The predicted octanol–water partition coefficient (Wildman–Crippen LogP) is 4.42. The molecule has 0 aromatic heterocycles. The number of carbonyl (C=O) groups excluding carboxylic acids is 1. The summed E-state index contributed by atoms with van der Waals surface area (Å²) in [6, 6.07) is 13.4. The van der Waals surface area contributed by atoms with E-state index >= 15 is 0 Å². The van der Waals surface area contributed by atoms with Crippen molar-refractivity contribution in [2.24, 2.45) is 5.92 Å². The molecule has 0 saturated carbocycles. The van der Waals surface area contributed by atoms with Crippen LogP contribution in [0.15, 0.2) is 48.5 Å². The maximum absolute atomic E-state index is 12.6. The monoisotopic (exact) mass is 510 g/mol. The molecule has 3 rings (SSSR count). The molecule has 11 heteroatoms. The summed E-state index contributed by atoms with van der Waals surface area (Å²) in [4.78, 5) is 12.1. The van der Waals surface area contributed by atoms with Gasteiger partial charge in [0, 0.05) is 30.7 Å². The van der Waals surface area contributed by atoms with Gasteiger partial charge in [0.05, 0.1) is 20.1 Å². The van der Waals surface area contributed by atoms with Gasteiger partial charge in [0.25, 0.3) is 0 Å². The smallest absolute Gasteiger partial charge is 0.496 e. The fourth-order valence-electron chi connectivity index (χ4n) is 3.83. The summed E-state index contributed by atoms with van der Waals surface area (Å²) in [7, 11) is 2.80. The van der Waals surface area contributed by atoms with Crippen LogP contribution in [0.1, 0.15) is 23.6 Å². The summed E-state index contributed by atoms with van der Waals surface area (Å²) < 4.78 is 52.0. The zero-order chi connectivity index (χ0) is 22.4. The highest BCUT2D eigenvalue weighted by molar-refractivity contribution is 5.85. The first-order chi connectivity index (χ1) is 14.8. The lowest BCUT2D eigenvalue weighted by atomic mass is 9.86. The molecule has 2 aromatic rings. The first kappa shape index (κ1) is 28.8. The molecule has 0 spiro atoms. The zero-order valence-corrected chi connectivity index (χ0v) is 19.7. The topological polar surface area (TPSA) is 68.8 Å².